The monoisotopic (exact) mass is 513 g/mol. The van der Waals surface area contributed by atoms with Crippen molar-refractivity contribution in [1.82, 2.24) is 15.1 Å². The number of hydrogen-bond acceptors (Lipinski definition) is 6. The molecule has 1 aromatic heterocycles. The molecule has 0 unspecified atom stereocenters. The van der Waals surface area contributed by atoms with Crippen LogP contribution < -0.4 is 14.8 Å². The third-order valence-electron chi connectivity index (χ3n) is 7.08. The Morgan fingerprint density at radius 3 is 2.61 bits per heavy atom. The molecule has 9 heteroatoms. The number of thiophene rings is 1. The molecule has 1 N–H and O–H groups in total. The number of hydrogen-bond donors (Lipinski definition) is 1. The summed E-state index contributed by atoms with van der Waals surface area (Å²) in [6.45, 7) is 2.29. The van der Waals surface area contributed by atoms with Crippen LogP contribution in [0.5, 0.6) is 11.5 Å². The first-order chi connectivity index (χ1) is 17.6. The van der Waals surface area contributed by atoms with Crippen LogP contribution in [0.3, 0.4) is 0 Å². The molecule has 2 aromatic rings. The van der Waals surface area contributed by atoms with Gasteiger partial charge in [0.15, 0.2) is 11.5 Å². The molecule has 1 aliphatic carbocycles. The van der Waals surface area contributed by atoms with Gasteiger partial charge in [-0.1, -0.05) is 31.4 Å². The summed E-state index contributed by atoms with van der Waals surface area (Å²) < 4.78 is 16.8. The summed E-state index contributed by atoms with van der Waals surface area (Å²) in [5.74, 6) is 1.33. The number of ether oxygens (including phenoxy) is 3. The molecular formula is C27H35N3O5S. The molecule has 1 saturated heterocycles. The summed E-state index contributed by atoms with van der Waals surface area (Å²) in [7, 11) is 0. The molecule has 194 valence electrons. The van der Waals surface area contributed by atoms with E-state index in [4.69, 9.17) is 14.2 Å². The van der Waals surface area contributed by atoms with Gasteiger partial charge in [-0.25, -0.2) is 4.79 Å². The van der Waals surface area contributed by atoms with E-state index in [2.05, 4.69) is 5.32 Å². The molecule has 5 rings (SSSR count). The van der Waals surface area contributed by atoms with Gasteiger partial charge in [-0.3, -0.25) is 4.79 Å². The second-order valence-electron chi connectivity index (χ2n) is 9.82. The fraction of sp³-hybridized carbons (Fsp3) is 0.556. The van der Waals surface area contributed by atoms with E-state index < -0.39 is 0 Å². The number of carbonyl (C=O) groups is 2. The summed E-state index contributed by atoms with van der Waals surface area (Å²) in [5.41, 5.74) is 0.960. The molecule has 2 fully saturated rings. The summed E-state index contributed by atoms with van der Waals surface area (Å²) in [4.78, 5) is 31.6. The molecule has 0 bridgehead atoms. The van der Waals surface area contributed by atoms with Gasteiger partial charge in [0.25, 0.3) is 0 Å². The van der Waals surface area contributed by atoms with Crippen LogP contribution in [0.25, 0.3) is 0 Å². The lowest BCUT2D eigenvalue weighted by Crippen LogP contribution is -2.51. The van der Waals surface area contributed by atoms with Gasteiger partial charge in [0.2, 0.25) is 12.7 Å². The fourth-order valence-corrected chi connectivity index (χ4v) is 5.83. The fourth-order valence-electron chi connectivity index (χ4n) is 5.11. The van der Waals surface area contributed by atoms with Crippen molar-refractivity contribution in [3.63, 3.8) is 0 Å². The Morgan fingerprint density at radius 1 is 0.972 bits per heavy atom. The van der Waals surface area contributed by atoms with Gasteiger partial charge >= 0.3 is 6.03 Å². The molecule has 8 nitrogen and oxygen atoms in total. The molecule has 1 aromatic carbocycles. The highest BCUT2D eigenvalue weighted by atomic mass is 32.1. The zero-order valence-corrected chi connectivity index (χ0v) is 21.5. The van der Waals surface area contributed by atoms with Crippen LogP contribution >= 0.6 is 11.3 Å². The predicted molar refractivity (Wildman–Crippen MR) is 137 cm³/mol. The molecule has 3 heterocycles. The van der Waals surface area contributed by atoms with Crippen molar-refractivity contribution in [3.05, 3.63) is 46.2 Å². The molecule has 0 spiro atoms. The highest BCUT2D eigenvalue weighted by Crippen LogP contribution is 2.33. The Bertz CT molecular complexity index is 1020. The lowest BCUT2D eigenvalue weighted by atomic mass is 9.96. The molecule has 2 aliphatic heterocycles. The van der Waals surface area contributed by atoms with Gasteiger partial charge < -0.3 is 29.3 Å². The minimum Gasteiger partial charge on any atom is -0.454 e. The Balaban J connectivity index is 1.30. The average molecular weight is 514 g/mol. The highest BCUT2D eigenvalue weighted by molar-refractivity contribution is 7.09. The van der Waals surface area contributed by atoms with E-state index in [0.717, 1.165) is 54.7 Å². The van der Waals surface area contributed by atoms with E-state index in [-0.39, 0.29) is 37.4 Å². The third-order valence-corrected chi connectivity index (χ3v) is 7.95. The highest BCUT2D eigenvalue weighted by Gasteiger charge is 2.28. The van der Waals surface area contributed by atoms with Crippen molar-refractivity contribution < 1.29 is 23.8 Å². The van der Waals surface area contributed by atoms with E-state index in [9.17, 15) is 9.59 Å². The van der Waals surface area contributed by atoms with Gasteiger partial charge in [-0.05, 0) is 54.8 Å². The van der Waals surface area contributed by atoms with Crippen LogP contribution in [-0.2, 0) is 22.6 Å². The molecule has 1 atom stereocenters. The predicted octanol–water partition coefficient (Wildman–Crippen LogP) is 4.53. The summed E-state index contributed by atoms with van der Waals surface area (Å²) in [5, 5.41) is 5.21. The number of fused-ring (bicyclic) bond motifs is 1. The molecule has 1 saturated carbocycles. The standard InChI is InChI=1S/C27H35N3O5S/c31-26(18-30(16-22-8-4-12-33-22)27(32)28-21-6-2-1-3-7-21)29(17-23-9-5-13-36-23)15-20-10-11-24-25(14-20)35-19-34-24/h5,9-11,13-14,21-22H,1-4,6-8,12,15-19H2,(H,28,32)/t22-/m0/s1. The van der Waals surface area contributed by atoms with Crippen LogP contribution in [0.15, 0.2) is 35.7 Å². The molecule has 0 radical (unpaired) electrons. The Labute approximate surface area is 216 Å². The Morgan fingerprint density at radius 2 is 1.83 bits per heavy atom. The van der Waals surface area contributed by atoms with E-state index in [1.165, 1.54) is 6.42 Å². The zero-order valence-electron chi connectivity index (χ0n) is 20.7. The first-order valence-corrected chi connectivity index (χ1v) is 13.9. The molecule has 36 heavy (non-hydrogen) atoms. The number of carbonyl (C=O) groups excluding carboxylic acids is 2. The molecular weight excluding hydrogens is 478 g/mol. The number of rotatable bonds is 9. The third kappa shape index (κ3) is 6.50. The quantitative estimate of drug-likeness (QED) is 0.533. The Kier molecular flexibility index (Phi) is 8.28. The second-order valence-corrected chi connectivity index (χ2v) is 10.8. The number of nitrogens with one attached hydrogen (secondary N) is 1. The minimum absolute atomic E-state index is 0.0190. The van der Waals surface area contributed by atoms with Gasteiger partial charge in [0, 0.05) is 30.6 Å². The molecule has 3 aliphatic rings. The van der Waals surface area contributed by atoms with E-state index in [1.54, 1.807) is 16.2 Å². The Hall–Kier alpha value is -2.78. The van der Waals surface area contributed by atoms with Crippen molar-refractivity contribution in [2.75, 3.05) is 26.5 Å². The van der Waals surface area contributed by atoms with Gasteiger partial charge in [0.05, 0.1) is 12.6 Å². The normalized spacial score (nSPS) is 19.3. The number of nitrogens with zero attached hydrogens (tertiary/aromatic N) is 2. The van der Waals surface area contributed by atoms with Crippen LogP contribution in [-0.4, -0.2) is 60.4 Å². The van der Waals surface area contributed by atoms with E-state index in [0.29, 0.717) is 32.0 Å². The van der Waals surface area contributed by atoms with E-state index >= 15 is 0 Å². The largest absolute Gasteiger partial charge is 0.454 e. The topological polar surface area (TPSA) is 80.3 Å². The summed E-state index contributed by atoms with van der Waals surface area (Å²) in [6.07, 6.45) is 7.39. The average Bonchev–Trinajstić information content (AvgIpc) is 3.67. The van der Waals surface area contributed by atoms with Crippen LogP contribution in [0, 0.1) is 0 Å². The van der Waals surface area contributed by atoms with Crippen molar-refractivity contribution in [2.24, 2.45) is 0 Å². The van der Waals surface area contributed by atoms with Gasteiger partial charge in [-0.15, -0.1) is 11.3 Å². The van der Waals surface area contributed by atoms with Crippen LogP contribution in [0.4, 0.5) is 4.79 Å². The summed E-state index contributed by atoms with van der Waals surface area (Å²) in [6, 6.07) is 9.81. The number of urea groups is 1. The lowest BCUT2D eigenvalue weighted by Gasteiger charge is -2.31. The summed E-state index contributed by atoms with van der Waals surface area (Å²) >= 11 is 1.62. The maximum absolute atomic E-state index is 13.7. The van der Waals surface area contributed by atoms with Crippen LogP contribution in [0.1, 0.15) is 55.4 Å². The van der Waals surface area contributed by atoms with Gasteiger partial charge in [-0.2, -0.15) is 0 Å². The number of benzene rings is 1. The van der Waals surface area contributed by atoms with Crippen molar-refractivity contribution in [1.29, 1.82) is 0 Å². The van der Waals surface area contributed by atoms with Gasteiger partial charge in [0.1, 0.15) is 6.54 Å². The molecule has 3 amide bonds. The van der Waals surface area contributed by atoms with Crippen molar-refractivity contribution in [3.8, 4) is 11.5 Å². The zero-order chi connectivity index (χ0) is 24.7. The number of amides is 3. The second kappa shape index (κ2) is 12.0. The van der Waals surface area contributed by atoms with Crippen molar-refractivity contribution >= 4 is 23.3 Å². The SMILES string of the molecule is O=C(CN(C[C@@H]1CCCO1)C(=O)NC1CCCCC1)N(Cc1ccc2c(c1)OCO2)Cc1cccs1. The minimum atomic E-state index is -0.162. The maximum Gasteiger partial charge on any atom is 0.318 e. The first-order valence-electron chi connectivity index (χ1n) is 13.0. The maximum atomic E-state index is 13.7. The smallest absolute Gasteiger partial charge is 0.318 e. The lowest BCUT2D eigenvalue weighted by molar-refractivity contribution is -0.133. The van der Waals surface area contributed by atoms with Crippen molar-refractivity contribution in [2.45, 2.75) is 70.2 Å². The van der Waals surface area contributed by atoms with Crippen LogP contribution in [0.2, 0.25) is 0 Å². The van der Waals surface area contributed by atoms with E-state index in [1.807, 2.05) is 40.6 Å². The first kappa shape index (κ1) is 24.9.